The Bertz CT molecular complexity index is 1160. The van der Waals surface area contributed by atoms with Gasteiger partial charge in [0.25, 0.3) is 5.56 Å². The largest absolute Gasteiger partial charge is 0.507 e. The van der Waals surface area contributed by atoms with E-state index in [2.05, 4.69) is 4.98 Å². The molecule has 0 atom stereocenters. The summed E-state index contributed by atoms with van der Waals surface area (Å²) in [6, 6.07) is 6.47. The van der Waals surface area contributed by atoms with Crippen LogP contribution in [0.4, 0.5) is 8.78 Å². The van der Waals surface area contributed by atoms with E-state index < -0.39 is 17.4 Å². The van der Waals surface area contributed by atoms with Crippen molar-refractivity contribution in [3.05, 3.63) is 57.7 Å². The molecular weight excluding hydrogens is 336 g/mol. The highest BCUT2D eigenvalue weighted by atomic mass is 32.1. The van der Waals surface area contributed by atoms with Gasteiger partial charge >= 0.3 is 0 Å². The number of hydrogen-bond donors (Lipinski definition) is 3. The van der Waals surface area contributed by atoms with E-state index in [1.807, 2.05) is 0 Å². The van der Waals surface area contributed by atoms with Gasteiger partial charge in [0.05, 0.1) is 0 Å². The molecule has 120 valence electrons. The number of hydrogen-bond acceptors (Lipinski definition) is 4. The lowest BCUT2D eigenvalue weighted by Crippen LogP contribution is -2.04. The fourth-order valence-electron chi connectivity index (χ4n) is 2.84. The number of phenols is 2. The highest BCUT2D eigenvalue weighted by molar-refractivity contribution is 7.17. The summed E-state index contributed by atoms with van der Waals surface area (Å²) in [6.45, 7) is 0. The predicted octanol–water partition coefficient (Wildman–Crippen LogP) is 4.10. The first-order chi connectivity index (χ1) is 11.5. The van der Waals surface area contributed by atoms with Crippen LogP contribution in [0.15, 0.2) is 40.5 Å². The smallest absolute Gasteiger partial charge is 0.266 e. The Kier molecular flexibility index (Phi) is 3.07. The van der Waals surface area contributed by atoms with Crippen molar-refractivity contribution in [3.63, 3.8) is 0 Å². The minimum absolute atomic E-state index is 0.0606. The Balaban J connectivity index is 2.21. The monoisotopic (exact) mass is 345 g/mol. The second kappa shape index (κ2) is 5.04. The van der Waals surface area contributed by atoms with Gasteiger partial charge in [-0.05, 0) is 41.3 Å². The maximum atomic E-state index is 13.7. The molecule has 0 aliphatic heterocycles. The van der Waals surface area contributed by atoms with Gasteiger partial charge in [0.1, 0.15) is 10.4 Å². The third kappa shape index (κ3) is 1.98. The first-order valence-electron chi connectivity index (χ1n) is 6.91. The van der Waals surface area contributed by atoms with Crippen LogP contribution in [0.5, 0.6) is 11.5 Å². The summed E-state index contributed by atoms with van der Waals surface area (Å²) in [5, 5.41) is 22.4. The molecule has 2 aromatic heterocycles. The van der Waals surface area contributed by atoms with Crippen LogP contribution in [0.2, 0.25) is 0 Å². The van der Waals surface area contributed by atoms with Crippen LogP contribution in [0.3, 0.4) is 0 Å². The number of thiophene rings is 1. The van der Waals surface area contributed by atoms with Gasteiger partial charge in [-0.15, -0.1) is 11.3 Å². The van der Waals surface area contributed by atoms with Crippen molar-refractivity contribution >= 4 is 32.3 Å². The molecular formula is C17H9F2NO3S. The minimum atomic E-state index is -1.13. The van der Waals surface area contributed by atoms with E-state index in [0.717, 1.165) is 12.1 Å². The van der Waals surface area contributed by atoms with Gasteiger partial charge in [-0.2, -0.15) is 0 Å². The molecule has 0 spiro atoms. The van der Waals surface area contributed by atoms with Crippen LogP contribution < -0.4 is 5.56 Å². The molecule has 4 nitrogen and oxygen atoms in total. The summed E-state index contributed by atoms with van der Waals surface area (Å²) in [7, 11) is 0. The molecule has 4 aromatic rings. The second-order valence-electron chi connectivity index (χ2n) is 5.29. The van der Waals surface area contributed by atoms with Gasteiger partial charge in [0, 0.05) is 21.9 Å². The molecule has 0 radical (unpaired) electrons. The molecule has 2 heterocycles. The first-order valence-corrected chi connectivity index (χ1v) is 7.79. The third-order valence-electron chi connectivity index (χ3n) is 3.88. The Morgan fingerprint density at radius 3 is 2.46 bits per heavy atom. The number of phenolic OH excluding ortho intramolecular Hbond substituents is 2. The zero-order chi connectivity index (χ0) is 17.0. The highest BCUT2D eigenvalue weighted by Gasteiger charge is 2.18. The molecule has 0 amide bonds. The maximum Gasteiger partial charge on any atom is 0.266 e. The quantitative estimate of drug-likeness (QED) is 0.486. The molecule has 24 heavy (non-hydrogen) atoms. The molecule has 0 fully saturated rings. The summed E-state index contributed by atoms with van der Waals surface area (Å²) in [5.41, 5.74) is 0.412. The highest BCUT2D eigenvalue weighted by Crippen LogP contribution is 2.41. The summed E-state index contributed by atoms with van der Waals surface area (Å²) >= 11 is 1.23. The fourth-order valence-corrected chi connectivity index (χ4v) is 3.63. The van der Waals surface area contributed by atoms with Gasteiger partial charge in [-0.25, -0.2) is 8.78 Å². The molecule has 0 aliphatic carbocycles. The van der Waals surface area contributed by atoms with Crippen molar-refractivity contribution < 1.29 is 19.0 Å². The van der Waals surface area contributed by atoms with Gasteiger partial charge in [0.15, 0.2) is 17.4 Å². The van der Waals surface area contributed by atoms with E-state index in [0.29, 0.717) is 21.0 Å². The van der Waals surface area contributed by atoms with Gasteiger partial charge in [0.2, 0.25) is 0 Å². The standard InChI is InChI=1S/C17H9F2NO3S/c18-9-5-7(6-10(19)15(9)22)13-12(21)2-1-11-14(13)8-3-4-24-16(8)17(23)20-11/h1-6,21-22H,(H,20,23). The lowest BCUT2D eigenvalue weighted by atomic mass is 9.97. The fraction of sp³-hybridized carbons (Fsp3) is 0. The Morgan fingerprint density at radius 2 is 1.75 bits per heavy atom. The number of aromatic amines is 1. The molecule has 0 bridgehead atoms. The zero-order valence-electron chi connectivity index (χ0n) is 11.9. The van der Waals surface area contributed by atoms with E-state index in [1.54, 1.807) is 11.4 Å². The normalized spacial score (nSPS) is 11.4. The van der Waals surface area contributed by atoms with Crippen LogP contribution >= 0.6 is 11.3 Å². The first kappa shape index (κ1) is 14.6. The topological polar surface area (TPSA) is 73.3 Å². The van der Waals surface area contributed by atoms with Gasteiger partial charge in [-0.3, -0.25) is 4.79 Å². The molecule has 3 N–H and O–H groups in total. The summed E-state index contributed by atoms with van der Waals surface area (Å²) in [5.74, 6) is -3.53. The van der Waals surface area contributed by atoms with Crippen molar-refractivity contribution in [2.75, 3.05) is 0 Å². The number of rotatable bonds is 1. The van der Waals surface area contributed by atoms with Gasteiger partial charge < -0.3 is 15.2 Å². The second-order valence-corrected chi connectivity index (χ2v) is 6.20. The summed E-state index contributed by atoms with van der Waals surface area (Å²) in [4.78, 5) is 14.8. The van der Waals surface area contributed by atoms with Crippen LogP contribution in [-0.2, 0) is 0 Å². The van der Waals surface area contributed by atoms with E-state index in [4.69, 9.17) is 0 Å². The Hall–Kier alpha value is -2.93. The van der Waals surface area contributed by atoms with E-state index >= 15 is 0 Å². The predicted molar refractivity (Wildman–Crippen MR) is 88.6 cm³/mol. The van der Waals surface area contributed by atoms with Crippen molar-refractivity contribution in [1.82, 2.24) is 4.98 Å². The van der Waals surface area contributed by atoms with E-state index in [1.165, 1.54) is 23.5 Å². The molecule has 0 saturated carbocycles. The SMILES string of the molecule is O=c1[nH]c2ccc(O)c(-c3cc(F)c(O)c(F)c3)c2c2ccsc12. The van der Waals surface area contributed by atoms with Crippen LogP contribution in [0.1, 0.15) is 0 Å². The Labute approximate surface area is 137 Å². The van der Waals surface area contributed by atoms with Crippen LogP contribution in [0, 0.1) is 11.6 Å². The molecule has 7 heteroatoms. The number of nitrogens with one attached hydrogen (secondary N) is 1. The van der Waals surface area contributed by atoms with Crippen molar-refractivity contribution in [2.24, 2.45) is 0 Å². The lowest BCUT2D eigenvalue weighted by molar-refractivity contribution is 0.396. The number of pyridine rings is 1. The molecule has 0 aliphatic rings. The summed E-state index contributed by atoms with van der Waals surface area (Å²) in [6.07, 6.45) is 0. The Morgan fingerprint density at radius 1 is 1.04 bits per heavy atom. The number of aromatic hydroxyl groups is 2. The van der Waals surface area contributed by atoms with Crippen molar-refractivity contribution in [2.45, 2.75) is 0 Å². The van der Waals surface area contributed by atoms with E-state index in [9.17, 15) is 23.8 Å². The van der Waals surface area contributed by atoms with Crippen LogP contribution in [0.25, 0.3) is 32.1 Å². The lowest BCUT2D eigenvalue weighted by Gasteiger charge is -2.11. The minimum Gasteiger partial charge on any atom is -0.507 e. The maximum absolute atomic E-state index is 13.7. The van der Waals surface area contributed by atoms with Gasteiger partial charge in [-0.1, -0.05) is 0 Å². The zero-order valence-corrected chi connectivity index (χ0v) is 12.7. The molecule has 2 aromatic carbocycles. The molecule has 0 unspecified atom stereocenters. The third-order valence-corrected chi connectivity index (χ3v) is 4.79. The number of aromatic nitrogens is 1. The molecule has 4 rings (SSSR count). The average Bonchev–Trinajstić information content (AvgIpc) is 3.03. The van der Waals surface area contributed by atoms with Crippen molar-refractivity contribution in [1.29, 1.82) is 0 Å². The molecule has 0 saturated heterocycles. The average molecular weight is 345 g/mol. The van der Waals surface area contributed by atoms with Crippen molar-refractivity contribution in [3.8, 4) is 22.6 Å². The van der Waals surface area contributed by atoms with Crippen LogP contribution in [-0.4, -0.2) is 15.2 Å². The van der Waals surface area contributed by atoms with E-state index in [-0.39, 0.29) is 22.4 Å². The summed E-state index contributed by atoms with van der Waals surface area (Å²) < 4.78 is 27.9. The number of fused-ring (bicyclic) bond motifs is 3. The number of H-pyrrole nitrogens is 1. The number of halogens is 2. The number of benzene rings is 2.